The van der Waals surface area contributed by atoms with Crippen molar-refractivity contribution in [1.29, 1.82) is 5.26 Å². The Morgan fingerprint density at radius 2 is 2.25 bits per heavy atom. The fourth-order valence-electron chi connectivity index (χ4n) is 4.86. The lowest BCUT2D eigenvalue weighted by Crippen LogP contribution is -2.34. The first kappa shape index (κ1) is 23.5. The molecular weight excluding hydrogens is 458 g/mol. The van der Waals surface area contributed by atoms with Crippen LogP contribution in [0, 0.1) is 11.3 Å². The minimum atomic E-state index is -0.363. The molecule has 36 heavy (non-hydrogen) atoms. The van der Waals surface area contributed by atoms with Crippen LogP contribution in [0.3, 0.4) is 0 Å². The van der Waals surface area contributed by atoms with Gasteiger partial charge in [0.2, 0.25) is 0 Å². The number of ether oxygens (including phenoxy) is 1. The number of nitrogens with zero attached hydrogens (tertiary/aromatic N) is 6. The summed E-state index contributed by atoms with van der Waals surface area (Å²) >= 11 is 0. The Balaban J connectivity index is 1.86. The van der Waals surface area contributed by atoms with E-state index in [4.69, 9.17) is 14.9 Å². The van der Waals surface area contributed by atoms with E-state index >= 15 is 0 Å². The summed E-state index contributed by atoms with van der Waals surface area (Å²) in [6.07, 6.45) is 8.96. The molecule has 10 heteroatoms. The van der Waals surface area contributed by atoms with Crippen LogP contribution in [0.4, 0.5) is 0 Å². The van der Waals surface area contributed by atoms with Crippen LogP contribution in [0.1, 0.15) is 43.4 Å². The van der Waals surface area contributed by atoms with Gasteiger partial charge in [-0.2, -0.15) is 15.3 Å². The monoisotopic (exact) mass is 485 g/mol. The normalized spacial score (nSPS) is 18.9. The van der Waals surface area contributed by atoms with Crippen LogP contribution in [0.5, 0.6) is 0 Å². The lowest BCUT2D eigenvalue weighted by Gasteiger charge is -2.30. The number of benzene rings is 1. The molecule has 0 amide bonds. The Hall–Kier alpha value is -4.23. The Labute approximate surface area is 207 Å². The summed E-state index contributed by atoms with van der Waals surface area (Å²) in [5.74, 6) is 0. The molecule has 0 spiro atoms. The largest absolute Gasteiger partial charge is 0.452 e. The average molecular weight is 486 g/mol. The van der Waals surface area contributed by atoms with Crippen molar-refractivity contribution < 1.29 is 9.15 Å². The van der Waals surface area contributed by atoms with E-state index in [1.165, 1.54) is 0 Å². The predicted octanol–water partition coefficient (Wildman–Crippen LogP) is 3.55. The molecule has 2 N–H and O–H groups in total. The molecule has 0 aliphatic carbocycles. The maximum Gasteiger partial charge on any atom is 0.349 e. The molecule has 0 bridgehead atoms. The fraction of sp³-hybridized carbons (Fsp3) is 0.346. The van der Waals surface area contributed by atoms with Gasteiger partial charge in [-0.1, -0.05) is 6.92 Å². The third-order valence-corrected chi connectivity index (χ3v) is 6.64. The lowest BCUT2D eigenvalue weighted by atomic mass is 9.99. The Morgan fingerprint density at radius 3 is 2.94 bits per heavy atom. The molecule has 2 unspecified atom stereocenters. The van der Waals surface area contributed by atoms with Gasteiger partial charge in [0, 0.05) is 61.4 Å². The zero-order chi connectivity index (χ0) is 25.4. The summed E-state index contributed by atoms with van der Waals surface area (Å²) in [7, 11) is 3.44. The maximum atomic E-state index is 13.6. The number of fused-ring (bicyclic) bond motifs is 3. The van der Waals surface area contributed by atoms with Gasteiger partial charge in [-0.25, -0.2) is 4.79 Å². The van der Waals surface area contributed by atoms with Gasteiger partial charge in [-0.15, -0.1) is 0 Å². The molecule has 1 saturated heterocycles. The van der Waals surface area contributed by atoms with E-state index < -0.39 is 0 Å². The van der Waals surface area contributed by atoms with Crippen LogP contribution in [-0.4, -0.2) is 45.3 Å². The molecule has 2 atom stereocenters. The molecule has 1 aliphatic heterocycles. The fourth-order valence-corrected chi connectivity index (χ4v) is 4.86. The van der Waals surface area contributed by atoms with E-state index in [1.54, 1.807) is 54.1 Å². The molecule has 5 rings (SSSR count). The molecule has 0 saturated carbocycles. The van der Waals surface area contributed by atoms with Gasteiger partial charge >= 0.3 is 5.69 Å². The first-order valence-electron chi connectivity index (χ1n) is 11.9. The topological polar surface area (TPSA) is 137 Å². The van der Waals surface area contributed by atoms with Crippen molar-refractivity contribution in [3.05, 3.63) is 52.2 Å². The van der Waals surface area contributed by atoms with Gasteiger partial charge in [0.25, 0.3) is 0 Å². The first-order chi connectivity index (χ1) is 17.4. The number of rotatable bonds is 5. The molecular formula is C26H27N7O3. The van der Waals surface area contributed by atoms with Crippen LogP contribution in [-0.2, 0) is 11.8 Å². The number of hydrogen-bond donors (Lipinski definition) is 1. The average Bonchev–Trinajstić information content (AvgIpc) is 3.49. The summed E-state index contributed by atoms with van der Waals surface area (Å²) in [6, 6.07) is 5.58. The zero-order valence-electron chi connectivity index (χ0n) is 20.4. The highest BCUT2D eigenvalue weighted by Crippen LogP contribution is 2.38. The second-order valence-electron chi connectivity index (χ2n) is 8.91. The third kappa shape index (κ3) is 3.97. The smallest absolute Gasteiger partial charge is 0.349 e. The van der Waals surface area contributed by atoms with Crippen molar-refractivity contribution in [2.75, 3.05) is 13.7 Å². The molecule has 10 nitrogen and oxygen atoms in total. The predicted molar refractivity (Wildman–Crippen MR) is 138 cm³/mol. The van der Waals surface area contributed by atoms with E-state index in [1.807, 2.05) is 6.07 Å². The summed E-state index contributed by atoms with van der Waals surface area (Å²) in [5.41, 5.74) is 9.91. The van der Waals surface area contributed by atoms with E-state index in [2.05, 4.69) is 28.1 Å². The molecule has 3 aromatic heterocycles. The first-order valence-corrected chi connectivity index (χ1v) is 11.9. The van der Waals surface area contributed by atoms with Crippen molar-refractivity contribution in [3.63, 3.8) is 0 Å². The maximum absolute atomic E-state index is 13.6. The number of aromatic nitrogens is 4. The molecule has 1 aromatic carbocycles. The van der Waals surface area contributed by atoms with Crippen LogP contribution < -0.4 is 11.4 Å². The molecule has 1 fully saturated rings. The number of aryl methyl sites for hydroxylation is 1. The third-order valence-electron chi connectivity index (χ3n) is 6.64. The van der Waals surface area contributed by atoms with Gasteiger partial charge < -0.3 is 14.9 Å². The van der Waals surface area contributed by atoms with Crippen molar-refractivity contribution >= 4 is 34.0 Å². The number of furan rings is 1. The van der Waals surface area contributed by atoms with Gasteiger partial charge in [0.15, 0.2) is 5.58 Å². The highest BCUT2D eigenvalue weighted by molar-refractivity contribution is 6.08. The number of nitrogens with two attached hydrogens (primary N) is 1. The standard InChI is InChI=1S/C26H27N7O3/c1-4-18-10-17(6-8-35-18)33-24-20-11-19(21(28)5-7-29-2)15(12-27)9-22(20)36-25(24)23(31-26(33)34)16-13-30-32(3)14-16/h5,7,9,11,13-14,17-18H,4,6,8,10,28H2,1-3H3/b21-5-,29-7?. The van der Waals surface area contributed by atoms with Crippen molar-refractivity contribution in [1.82, 2.24) is 19.3 Å². The van der Waals surface area contributed by atoms with E-state index in [0.29, 0.717) is 69.6 Å². The Bertz CT molecular complexity index is 1620. The van der Waals surface area contributed by atoms with E-state index in [9.17, 15) is 10.1 Å². The minimum Gasteiger partial charge on any atom is -0.452 e. The molecule has 184 valence electrons. The van der Waals surface area contributed by atoms with Crippen molar-refractivity contribution in [2.24, 2.45) is 17.8 Å². The summed E-state index contributed by atoms with van der Waals surface area (Å²) < 4.78 is 15.6. The summed E-state index contributed by atoms with van der Waals surface area (Å²) in [4.78, 5) is 22.0. The summed E-state index contributed by atoms with van der Waals surface area (Å²) in [6.45, 7) is 2.64. The molecule has 1 aliphatic rings. The van der Waals surface area contributed by atoms with Crippen molar-refractivity contribution in [2.45, 2.75) is 38.3 Å². The Morgan fingerprint density at radius 1 is 1.42 bits per heavy atom. The SMILES string of the molecule is CCC1CC(n2c(=O)nc(-c3cnn(C)c3)c3oc4cc(C#N)c(/C(N)=C/C=NC)cc4c32)CCO1. The number of nitriles is 1. The highest BCUT2D eigenvalue weighted by Gasteiger charge is 2.29. The number of allylic oxidation sites excluding steroid dienone is 1. The van der Waals surface area contributed by atoms with Gasteiger partial charge in [0.1, 0.15) is 16.8 Å². The highest BCUT2D eigenvalue weighted by atomic mass is 16.5. The number of aliphatic imine (C=N–C) groups is 1. The number of hydrogen-bond acceptors (Lipinski definition) is 8. The molecule has 4 heterocycles. The van der Waals surface area contributed by atoms with Crippen LogP contribution in [0.15, 0.2) is 44.8 Å². The van der Waals surface area contributed by atoms with Gasteiger partial charge in [0.05, 0.1) is 23.9 Å². The second kappa shape index (κ2) is 9.43. The quantitative estimate of drug-likeness (QED) is 0.427. The Kier molecular flexibility index (Phi) is 6.16. The summed E-state index contributed by atoms with van der Waals surface area (Å²) in [5, 5.41) is 14.7. The molecule has 4 aromatic rings. The van der Waals surface area contributed by atoms with Crippen LogP contribution in [0.25, 0.3) is 39.0 Å². The zero-order valence-corrected chi connectivity index (χ0v) is 20.4. The van der Waals surface area contributed by atoms with Crippen LogP contribution >= 0.6 is 0 Å². The van der Waals surface area contributed by atoms with E-state index in [-0.39, 0.29) is 17.8 Å². The lowest BCUT2D eigenvalue weighted by molar-refractivity contribution is -0.00709. The molecule has 0 radical (unpaired) electrons. The van der Waals surface area contributed by atoms with E-state index in [0.717, 1.165) is 6.42 Å². The van der Waals surface area contributed by atoms with Crippen molar-refractivity contribution in [3.8, 4) is 17.3 Å². The van der Waals surface area contributed by atoms with Crippen LogP contribution in [0.2, 0.25) is 0 Å². The minimum absolute atomic E-state index is 0.0644. The van der Waals surface area contributed by atoms with Gasteiger partial charge in [-0.3, -0.25) is 14.2 Å². The second-order valence-corrected chi connectivity index (χ2v) is 8.91. The van der Waals surface area contributed by atoms with Gasteiger partial charge in [-0.05, 0) is 37.5 Å².